The fraction of sp³-hybridized carbons (Fsp3) is 0.800. The lowest BCUT2D eigenvalue weighted by Gasteiger charge is -2.49. The zero-order chi connectivity index (χ0) is 13.5. The maximum atomic E-state index is 5.04. The van der Waals surface area contributed by atoms with Crippen molar-refractivity contribution in [1.29, 1.82) is 0 Å². The molecule has 1 aliphatic heterocycles. The van der Waals surface area contributed by atoms with E-state index in [1.807, 2.05) is 11.3 Å². The Kier molecular flexibility index (Phi) is 3.69. The Balaban J connectivity index is 2.03. The molecule has 106 valence electrons. The molecule has 3 rings (SSSR count). The first kappa shape index (κ1) is 13.9. The molecule has 1 aromatic heterocycles. The maximum Gasteiger partial charge on any atom is 0.115 e. The molecule has 0 amide bonds. The third-order valence-electron chi connectivity index (χ3n) is 4.78. The van der Waals surface area contributed by atoms with Crippen LogP contribution in [0, 0.1) is 5.41 Å². The standard InChI is InChI=1S/C15H24N2S2/c1-4-16-15(10-18-9-8-14(15,2)3)13-17-11-6-5-7-12(11)19-13/h16H,4-10H2,1-3H3. The molecule has 1 aromatic rings. The molecule has 1 fully saturated rings. The second kappa shape index (κ2) is 5.05. The van der Waals surface area contributed by atoms with Gasteiger partial charge in [0.1, 0.15) is 5.01 Å². The van der Waals surface area contributed by atoms with E-state index in [0.29, 0.717) is 5.41 Å². The first-order chi connectivity index (χ1) is 9.09. The molecule has 1 atom stereocenters. The third kappa shape index (κ3) is 2.16. The first-order valence-electron chi connectivity index (χ1n) is 7.41. The Hall–Kier alpha value is -0.0600. The predicted octanol–water partition coefficient (Wildman–Crippen LogP) is 3.60. The highest BCUT2D eigenvalue weighted by Crippen LogP contribution is 2.50. The Morgan fingerprint density at radius 2 is 2.16 bits per heavy atom. The minimum Gasteiger partial charge on any atom is -0.305 e. The van der Waals surface area contributed by atoms with E-state index in [4.69, 9.17) is 4.98 Å². The summed E-state index contributed by atoms with van der Waals surface area (Å²) < 4.78 is 0. The van der Waals surface area contributed by atoms with Gasteiger partial charge in [-0.15, -0.1) is 11.3 Å². The average molecular weight is 297 g/mol. The van der Waals surface area contributed by atoms with Crippen molar-refractivity contribution in [1.82, 2.24) is 10.3 Å². The van der Waals surface area contributed by atoms with Crippen molar-refractivity contribution < 1.29 is 0 Å². The van der Waals surface area contributed by atoms with Crippen LogP contribution in [-0.4, -0.2) is 23.0 Å². The number of hydrogen-bond donors (Lipinski definition) is 1. The summed E-state index contributed by atoms with van der Waals surface area (Å²) in [4.78, 5) is 6.60. The Morgan fingerprint density at radius 3 is 2.84 bits per heavy atom. The van der Waals surface area contributed by atoms with Crippen LogP contribution >= 0.6 is 23.1 Å². The van der Waals surface area contributed by atoms with Crippen molar-refractivity contribution in [3.05, 3.63) is 15.6 Å². The number of aryl methyl sites for hydroxylation is 2. The SMILES string of the molecule is CCNC1(c2nc3c(s2)CCC3)CSCCC1(C)C. The molecule has 1 unspecified atom stereocenters. The van der Waals surface area contributed by atoms with Crippen LogP contribution in [0.1, 0.15) is 49.2 Å². The molecule has 0 radical (unpaired) electrons. The summed E-state index contributed by atoms with van der Waals surface area (Å²) in [6.07, 6.45) is 5.03. The van der Waals surface area contributed by atoms with Gasteiger partial charge in [0.2, 0.25) is 0 Å². The van der Waals surface area contributed by atoms with Gasteiger partial charge in [-0.3, -0.25) is 0 Å². The number of hydrogen-bond acceptors (Lipinski definition) is 4. The van der Waals surface area contributed by atoms with Crippen LogP contribution in [0.5, 0.6) is 0 Å². The van der Waals surface area contributed by atoms with Crippen molar-refractivity contribution in [2.75, 3.05) is 18.1 Å². The van der Waals surface area contributed by atoms with Gasteiger partial charge in [0.15, 0.2) is 0 Å². The van der Waals surface area contributed by atoms with E-state index in [9.17, 15) is 0 Å². The van der Waals surface area contributed by atoms with Gasteiger partial charge in [-0.2, -0.15) is 11.8 Å². The highest BCUT2D eigenvalue weighted by atomic mass is 32.2. The zero-order valence-corrected chi connectivity index (χ0v) is 13.8. The van der Waals surface area contributed by atoms with E-state index in [-0.39, 0.29) is 5.54 Å². The van der Waals surface area contributed by atoms with Crippen molar-refractivity contribution in [2.45, 2.75) is 52.0 Å². The number of thioether (sulfide) groups is 1. The number of fused-ring (bicyclic) bond motifs is 1. The molecule has 0 aromatic carbocycles. The van der Waals surface area contributed by atoms with Crippen LogP contribution in [0.4, 0.5) is 0 Å². The van der Waals surface area contributed by atoms with Gasteiger partial charge >= 0.3 is 0 Å². The highest BCUT2D eigenvalue weighted by molar-refractivity contribution is 7.99. The number of aromatic nitrogens is 1. The Morgan fingerprint density at radius 1 is 1.32 bits per heavy atom. The summed E-state index contributed by atoms with van der Waals surface area (Å²) in [5.41, 5.74) is 1.77. The topological polar surface area (TPSA) is 24.9 Å². The van der Waals surface area contributed by atoms with Crippen molar-refractivity contribution in [2.24, 2.45) is 5.41 Å². The quantitative estimate of drug-likeness (QED) is 0.922. The Bertz CT molecular complexity index is 441. The van der Waals surface area contributed by atoms with Crippen LogP contribution < -0.4 is 5.32 Å². The molecule has 1 N–H and O–H groups in total. The normalized spacial score (nSPS) is 29.4. The van der Waals surface area contributed by atoms with Crippen LogP contribution in [0.2, 0.25) is 0 Å². The lowest BCUT2D eigenvalue weighted by Crippen LogP contribution is -2.57. The molecule has 2 heterocycles. The summed E-state index contributed by atoms with van der Waals surface area (Å²) in [7, 11) is 0. The van der Waals surface area contributed by atoms with Gasteiger partial charge in [-0.1, -0.05) is 20.8 Å². The summed E-state index contributed by atoms with van der Waals surface area (Å²) in [5.74, 6) is 2.45. The van der Waals surface area contributed by atoms with E-state index in [2.05, 4.69) is 37.8 Å². The van der Waals surface area contributed by atoms with Gasteiger partial charge in [0.25, 0.3) is 0 Å². The first-order valence-corrected chi connectivity index (χ1v) is 9.38. The molecular formula is C15H24N2S2. The second-order valence-electron chi connectivity index (χ2n) is 6.36. The predicted molar refractivity (Wildman–Crippen MR) is 85.2 cm³/mol. The van der Waals surface area contributed by atoms with E-state index in [1.165, 1.54) is 47.9 Å². The Labute approximate surface area is 124 Å². The molecule has 1 saturated heterocycles. The van der Waals surface area contributed by atoms with Gasteiger partial charge < -0.3 is 5.32 Å². The molecule has 19 heavy (non-hydrogen) atoms. The number of nitrogens with zero attached hydrogens (tertiary/aromatic N) is 1. The zero-order valence-electron chi connectivity index (χ0n) is 12.2. The number of thiazole rings is 1. The lowest BCUT2D eigenvalue weighted by molar-refractivity contribution is 0.131. The van der Waals surface area contributed by atoms with Crippen LogP contribution in [-0.2, 0) is 18.4 Å². The van der Waals surface area contributed by atoms with Gasteiger partial charge in [-0.25, -0.2) is 4.98 Å². The summed E-state index contributed by atoms with van der Waals surface area (Å²) in [6.45, 7) is 8.08. The number of nitrogens with one attached hydrogen (secondary N) is 1. The molecular weight excluding hydrogens is 272 g/mol. The maximum absolute atomic E-state index is 5.04. The van der Waals surface area contributed by atoms with E-state index >= 15 is 0 Å². The fourth-order valence-corrected chi connectivity index (χ4v) is 6.68. The molecule has 2 aliphatic rings. The summed E-state index contributed by atoms with van der Waals surface area (Å²) in [6, 6.07) is 0. The van der Waals surface area contributed by atoms with E-state index < -0.39 is 0 Å². The van der Waals surface area contributed by atoms with E-state index in [1.54, 1.807) is 4.88 Å². The highest BCUT2D eigenvalue weighted by Gasteiger charge is 2.50. The fourth-order valence-electron chi connectivity index (χ4n) is 3.35. The molecule has 0 spiro atoms. The van der Waals surface area contributed by atoms with Gasteiger partial charge in [0, 0.05) is 10.6 Å². The van der Waals surface area contributed by atoms with Crippen LogP contribution in [0.3, 0.4) is 0 Å². The van der Waals surface area contributed by atoms with Gasteiger partial charge in [0.05, 0.1) is 11.2 Å². The van der Waals surface area contributed by atoms with Crippen molar-refractivity contribution >= 4 is 23.1 Å². The van der Waals surface area contributed by atoms with Crippen molar-refractivity contribution in [3.63, 3.8) is 0 Å². The molecule has 1 aliphatic carbocycles. The summed E-state index contributed by atoms with van der Waals surface area (Å²) >= 11 is 4.07. The molecule has 2 nitrogen and oxygen atoms in total. The average Bonchev–Trinajstić information content (AvgIpc) is 2.92. The minimum absolute atomic E-state index is 0.0830. The van der Waals surface area contributed by atoms with Crippen LogP contribution in [0.25, 0.3) is 0 Å². The molecule has 0 bridgehead atoms. The monoisotopic (exact) mass is 296 g/mol. The molecule has 4 heteroatoms. The third-order valence-corrected chi connectivity index (χ3v) is 7.23. The molecule has 0 saturated carbocycles. The van der Waals surface area contributed by atoms with Crippen LogP contribution in [0.15, 0.2) is 0 Å². The minimum atomic E-state index is 0.0830. The van der Waals surface area contributed by atoms with Gasteiger partial charge in [-0.05, 0) is 43.4 Å². The smallest absolute Gasteiger partial charge is 0.115 e. The number of rotatable bonds is 3. The second-order valence-corrected chi connectivity index (χ2v) is 8.55. The summed E-state index contributed by atoms with van der Waals surface area (Å²) in [5, 5.41) is 5.18. The lowest BCUT2D eigenvalue weighted by atomic mass is 9.71. The van der Waals surface area contributed by atoms with E-state index in [0.717, 1.165) is 6.54 Å². The van der Waals surface area contributed by atoms with Crippen molar-refractivity contribution in [3.8, 4) is 0 Å². The largest absolute Gasteiger partial charge is 0.305 e.